The van der Waals surface area contributed by atoms with Crippen molar-refractivity contribution >= 4 is 5.97 Å². The van der Waals surface area contributed by atoms with Gasteiger partial charge in [-0.25, -0.2) is 4.79 Å². The summed E-state index contributed by atoms with van der Waals surface area (Å²) < 4.78 is 16.0. The van der Waals surface area contributed by atoms with Crippen molar-refractivity contribution in [1.29, 1.82) is 0 Å². The first kappa shape index (κ1) is 27.1. The average Bonchev–Trinajstić information content (AvgIpc) is 3.59. The van der Waals surface area contributed by atoms with Crippen LogP contribution >= 0.6 is 0 Å². The quantitative estimate of drug-likeness (QED) is 0.102. The second kappa shape index (κ2) is 17.7. The van der Waals surface area contributed by atoms with E-state index in [1.165, 1.54) is 0 Å². The van der Waals surface area contributed by atoms with E-state index in [1.807, 2.05) is 6.92 Å². The maximum atomic E-state index is 12.1. The SMILES string of the molecule is CC/C=C\C/C=C\C/C=C\C/C=C\C/C=C\CCCCOC(C)(CC)C(=O)OC1CO1. The van der Waals surface area contributed by atoms with E-state index in [0.29, 0.717) is 19.6 Å². The molecule has 4 heteroatoms. The molecule has 0 N–H and O–H groups in total. The lowest BCUT2D eigenvalue weighted by atomic mass is 10.0. The van der Waals surface area contributed by atoms with Gasteiger partial charge in [-0.15, -0.1) is 0 Å². The lowest BCUT2D eigenvalue weighted by Gasteiger charge is -2.25. The highest BCUT2D eigenvalue weighted by Gasteiger charge is 2.38. The molecule has 1 aliphatic heterocycles. The number of carbonyl (C=O) groups excluding carboxylic acids is 1. The van der Waals surface area contributed by atoms with Gasteiger partial charge in [-0.3, -0.25) is 0 Å². The summed E-state index contributed by atoms with van der Waals surface area (Å²) in [5.74, 6) is -0.324. The minimum atomic E-state index is -0.872. The summed E-state index contributed by atoms with van der Waals surface area (Å²) in [7, 11) is 0. The second-order valence-corrected chi connectivity index (χ2v) is 7.80. The van der Waals surface area contributed by atoms with Gasteiger partial charge < -0.3 is 14.2 Å². The first-order chi connectivity index (χ1) is 15.1. The topological polar surface area (TPSA) is 48.1 Å². The van der Waals surface area contributed by atoms with Crippen molar-refractivity contribution in [3.05, 3.63) is 60.8 Å². The van der Waals surface area contributed by atoms with Gasteiger partial charge in [0.1, 0.15) is 6.61 Å². The molecule has 0 aromatic heterocycles. The largest absolute Gasteiger partial charge is 0.431 e. The first-order valence-corrected chi connectivity index (χ1v) is 11.8. The number of epoxide rings is 1. The van der Waals surface area contributed by atoms with E-state index >= 15 is 0 Å². The van der Waals surface area contributed by atoms with Gasteiger partial charge in [0.15, 0.2) is 5.60 Å². The predicted molar refractivity (Wildman–Crippen MR) is 129 cm³/mol. The Balaban J connectivity index is 1.99. The Morgan fingerprint density at radius 2 is 1.39 bits per heavy atom. The van der Waals surface area contributed by atoms with Crippen LogP contribution in [0.3, 0.4) is 0 Å². The molecule has 0 aliphatic carbocycles. The average molecular weight is 431 g/mol. The zero-order valence-corrected chi connectivity index (χ0v) is 19.8. The van der Waals surface area contributed by atoms with Crippen LogP contribution in [0.4, 0.5) is 0 Å². The molecule has 2 unspecified atom stereocenters. The molecule has 0 aromatic carbocycles. The standard InChI is InChI=1S/C27H42O4/c1-4-6-7-8-9-10-11-12-13-14-15-16-17-18-19-20-21-22-23-30-27(3,5-2)26(28)31-25-24-29-25/h6-7,9-10,12-13,15-16,18-19,25H,4-5,8,11,14,17,20-24H2,1-3H3/b7-6-,10-9-,13-12-,16-15-,19-18-. The Morgan fingerprint density at radius 3 is 1.87 bits per heavy atom. The van der Waals surface area contributed by atoms with Crippen LogP contribution in [-0.4, -0.2) is 31.1 Å². The molecular formula is C27H42O4. The molecule has 1 rings (SSSR count). The number of carbonyl (C=O) groups is 1. The van der Waals surface area contributed by atoms with E-state index < -0.39 is 5.60 Å². The molecule has 0 spiro atoms. The number of hydrogen-bond donors (Lipinski definition) is 0. The lowest BCUT2D eigenvalue weighted by Crippen LogP contribution is -2.40. The number of ether oxygens (including phenoxy) is 3. The molecule has 0 amide bonds. The molecule has 1 heterocycles. The van der Waals surface area contributed by atoms with Gasteiger partial charge >= 0.3 is 5.97 Å². The summed E-state index contributed by atoms with van der Waals surface area (Å²) in [6.45, 7) is 6.95. The van der Waals surface area contributed by atoms with E-state index in [4.69, 9.17) is 14.2 Å². The monoisotopic (exact) mass is 430 g/mol. The van der Waals surface area contributed by atoms with Crippen LogP contribution in [0.5, 0.6) is 0 Å². The minimum Gasteiger partial charge on any atom is -0.431 e. The van der Waals surface area contributed by atoms with Crippen molar-refractivity contribution in [2.24, 2.45) is 0 Å². The van der Waals surface area contributed by atoms with Crippen LogP contribution in [0.25, 0.3) is 0 Å². The highest BCUT2D eigenvalue weighted by molar-refractivity contribution is 5.79. The summed E-state index contributed by atoms with van der Waals surface area (Å²) in [5.41, 5.74) is -0.872. The maximum Gasteiger partial charge on any atom is 0.340 e. The van der Waals surface area contributed by atoms with Crippen LogP contribution in [-0.2, 0) is 19.0 Å². The lowest BCUT2D eigenvalue weighted by molar-refractivity contribution is -0.176. The van der Waals surface area contributed by atoms with Gasteiger partial charge in [0, 0.05) is 6.61 Å². The molecular weight excluding hydrogens is 388 g/mol. The zero-order chi connectivity index (χ0) is 22.6. The van der Waals surface area contributed by atoms with Crippen LogP contribution in [0, 0.1) is 0 Å². The molecule has 0 saturated carbocycles. The fourth-order valence-corrected chi connectivity index (χ4v) is 2.69. The molecule has 0 radical (unpaired) electrons. The number of unbranched alkanes of at least 4 members (excludes halogenated alkanes) is 2. The Hall–Kier alpha value is -1.91. The molecule has 174 valence electrons. The number of hydrogen-bond acceptors (Lipinski definition) is 4. The number of rotatable bonds is 18. The van der Waals surface area contributed by atoms with Crippen molar-refractivity contribution in [2.45, 2.75) is 90.4 Å². The van der Waals surface area contributed by atoms with Crippen molar-refractivity contribution in [3.8, 4) is 0 Å². The fraction of sp³-hybridized carbons (Fsp3) is 0.593. The zero-order valence-electron chi connectivity index (χ0n) is 19.8. The van der Waals surface area contributed by atoms with Gasteiger partial charge in [-0.05, 0) is 64.7 Å². The van der Waals surface area contributed by atoms with E-state index in [0.717, 1.165) is 51.4 Å². The Kier molecular flexibility index (Phi) is 15.5. The highest BCUT2D eigenvalue weighted by Crippen LogP contribution is 2.22. The van der Waals surface area contributed by atoms with Crippen molar-refractivity contribution < 1.29 is 19.0 Å². The Bertz CT molecular complexity index is 611. The van der Waals surface area contributed by atoms with Crippen molar-refractivity contribution in [2.75, 3.05) is 13.2 Å². The fourth-order valence-electron chi connectivity index (χ4n) is 2.69. The van der Waals surface area contributed by atoms with Gasteiger partial charge in [0.05, 0.1) is 0 Å². The third-order valence-electron chi connectivity index (χ3n) is 4.99. The molecule has 1 fully saturated rings. The van der Waals surface area contributed by atoms with E-state index in [9.17, 15) is 4.79 Å². The summed E-state index contributed by atoms with van der Waals surface area (Å²) in [6, 6.07) is 0. The normalized spacial score (nSPS) is 18.7. The third kappa shape index (κ3) is 14.7. The molecule has 0 aromatic rings. The van der Waals surface area contributed by atoms with Crippen molar-refractivity contribution in [1.82, 2.24) is 0 Å². The van der Waals surface area contributed by atoms with Crippen LogP contribution in [0.2, 0.25) is 0 Å². The molecule has 0 bridgehead atoms. The number of esters is 1. The van der Waals surface area contributed by atoms with E-state index in [2.05, 4.69) is 67.7 Å². The molecule has 1 aliphatic rings. The van der Waals surface area contributed by atoms with E-state index in [-0.39, 0.29) is 12.3 Å². The summed E-state index contributed by atoms with van der Waals surface area (Å²) in [5, 5.41) is 0. The Morgan fingerprint density at radius 1 is 0.871 bits per heavy atom. The van der Waals surface area contributed by atoms with Gasteiger partial charge in [0.2, 0.25) is 6.29 Å². The molecule has 31 heavy (non-hydrogen) atoms. The minimum absolute atomic E-state index is 0.324. The smallest absolute Gasteiger partial charge is 0.340 e. The highest BCUT2D eigenvalue weighted by atomic mass is 16.8. The van der Waals surface area contributed by atoms with Crippen LogP contribution < -0.4 is 0 Å². The molecule has 4 nitrogen and oxygen atoms in total. The predicted octanol–water partition coefficient (Wildman–Crippen LogP) is 6.99. The van der Waals surface area contributed by atoms with Crippen LogP contribution in [0.15, 0.2) is 60.8 Å². The van der Waals surface area contributed by atoms with Crippen LogP contribution in [0.1, 0.15) is 78.6 Å². The van der Waals surface area contributed by atoms with Gasteiger partial charge in [-0.1, -0.05) is 74.6 Å². The second-order valence-electron chi connectivity index (χ2n) is 7.80. The van der Waals surface area contributed by atoms with E-state index in [1.54, 1.807) is 6.92 Å². The first-order valence-electron chi connectivity index (χ1n) is 11.8. The summed E-state index contributed by atoms with van der Waals surface area (Å²) in [6.07, 6.45) is 30.4. The maximum absolute atomic E-state index is 12.1. The van der Waals surface area contributed by atoms with Gasteiger partial charge in [0.25, 0.3) is 0 Å². The number of allylic oxidation sites excluding steroid dienone is 10. The third-order valence-corrected chi connectivity index (χ3v) is 4.99. The van der Waals surface area contributed by atoms with Crippen molar-refractivity contribution in [3.63, 3.8) is 0 Å². The summed E-state index contributed by atoms with van der Waals surface area (Å²) in [4.78, 5) is 12.1. The molecule has 1 saturated heterocycles. The summed E-state index contributed by atoms with van der Waals surface area (Å²) >= 11 is 0. The Labute approximate surface area is 189 Å². The molecule has 2 atom stereocenters. The van der Waals surface area contributed by atoms with Gasteiger partial charge in [-0.2, -0.15) is 0 Å².